The highest BCUT2D eigenvalue weighted by molar-refractivity contribution is 5.48. The van der Waals surface area contributed by atoms with Gasteiger partial charge >= 0.3 is 0 Å². The molecule has 0 aliphatic carbocycles. The summed E-state index contributed by atoms with van der Waals surface area (Å²) in [5.74, 6) is 0.892. The van der Waals surface area contributed by atoms with Crippen LogP contribution in [0.1, 0.15) is 76.1 Å². The third kappa shape index (κ3) is 4.59. The lowest BCUT2D eigenvalue weighted by atomic mass is 9.70. The zero-order valence-electron chi connectivity index (χ0n) is 18.6. The Balaban J connectivity index is 2.48. The van der Waals surface area contributed by atoms with Crippen LogP contribution in [0.2, 0.25) is 0 Å². The van der Waals surface area contributed by atoms with Gasteiger partial charge in [0.1, 0.15) is 17.1 Å². The van der Waals surface area contributed by atoms with E-state index in [0.717, 1.165) is 29.7 Å². The van der Waals surface area contributed by atoms with Gasteiger partial charge in [0.25, 0.3) is 0 Å². The normalized spacial score (nSPS) is 13.4. The molecular weight excluding hydrogens is 364 g/mol. The van der Waals surface area contributed by atoms with Crippen molar-refractivity contribution in [1.29, 1.82) is 0 Å². The topological polar surface area (TPSA) is 69.9 Å². The van der Waals surface area contributed by atoms with Gasteiger partial charge < -0.3 is 20.1 Å². The van der Waals surface area contributed by atoms with Crippen LogP contribution in [0.25, 0.3) is 0 Å². The number of aromatic hydroxyl groups is 1. The minimum atomic E-state index is -0.666. The molecule has 0 spiro atoms. The Labute approximate surface area is 175 Å². The summed E-state index contributed by atoms with van der Waals surface area (Å²) >= 11 is 0. The second-order valence-electron chi connectivity index (χ2n) is 8.40. The van der Waals surface area contributed by atoms with E-state index in [1.165, 1.54) is 5.56 Å². The minimum absolute atomic E-state index is 0.119. The average molecular weight is 401 g/mol. The first kappa shape index (κ1) is 23.2. The van der Waals surface area contributed by atoms with Crippen molar-refractivity contribution in [3.63, 3.8) is 0 Å². The Morgan fingerprint density at radius 1 is 0.966 bits per heavy atom. The summed E-state index contributed by atoms with van der Waals surface area (Å²) in [4.78, 5) is 0. The molecule has 1 atom stereocenters. The van der Waals surface area contributed by atoms with Crippen molar-refractivity contribution in [2.75, 3.05) is 0 Å². The van der Waals surface area contributed by atoms with E-state index in [1.807, 2.05) is 45.9 Å². The second-order valence-corrected chi connectivity index (χ2v) is 8.40. The van der Waals surface area contributed by atoms with Gasteiger partial charge in [-0.05, 0) is 74.9 Å². The van der Waals surface area contributed by atoms with Crippen molar-refractivity contribution in [3.8, 4) is 11.5 Å². The van der Waals surface area contributed by atoms with Gasteiger partial charge in [-0.15, -0.1) is 0 Å². The molecule has 0 saturated heterocycles. The van der Waals surface area contributed by atoms with Crippen LogP contribution in [0.5, 0.6) is 11.5 Å². The first-order valence-corrected chi connectivity index (χ1v) is 10.6. The van der Waals surface area contributed by atoms with Crippen LogP contribution in [-0.4, -0.2) is 27.0 Å². The number of rotatable bonds is 9. The average Bonchev–Trinajstić information content (AvgIpc) is 2.71. The predicted octanol–water partition coefficient (Wildman–Crippen LogP) is 5.23. The van der Waals surface area contributed by atoms with Crippen LogP contribution in [0, 0.1) is 6.92 Å². The van der Waals surface area contributed by atoms with Crippen molar-refractivity contribution < 1.29 is 20.1 Å². The van der Waals surface area contributed by atoms with Crippen LogP contribution >= 0.6 is 0 Å². The number of benzene rings is 2. The maximum absolute atomic E-state index is 10.3. The van der Waals surface area contributed by atoms with Crippen LogP contribution < -0.4 is 4.74 Å². The highest BCUT2D eigenvalue weighted by Gasteiger charge is 2.33. The first-order valence-electron chi connectivity index (χ1n) is 10.6. The molecule has 0 amide bonds. The zero-order chi connectivity index (χ0) is 21.8. The third-order valence-corrected chi connectivity index (χ3v) is 6.30. The fraction of sp³-hybridized carbons (Fsp3) is 0.520. The fourth-order valence-corrected chi connectivity index (χ4v) is 4.15. The summed E-state index contributed by atoms with van der Waals surface area (Å²) in [6.45, 7) is 11.9. The van der Waals surface area contributed by atoms with Gasteiger partial charge in [-0.1, -0.05) is 39.0 Å². The maximum Gasteiger partial charge on any atom is 0.129 e. The van der Waals surface area contributed by atoms with Crippen LogP contribution in [0.15, 0.2) is 36.4 Å². The van der Waals surface area contributed by atoms with Crippen molar-refractivity contribution in [3.05, 3.63) is 58.7 Å². The second kappa shape index (κ2) is 9.19. The Morgan fingerprint density at radius 3 is 2.07 bits per heavy atom. The Hall–Kier alpha value is -2.04. The standard InChI is InChI=1S/C25H36O4/c1-7-23(28)24(5,6)29-22-13-11-19(14-17(22)4)25(8-2,9-3)20-10-12-21(27)18(15-20)16-26/h10-15,23,26-28H,7-9,16H2,1-6H3. The summed E-state index contributed by atoms with van der Waals surface area (Å²) in [5, 5.41) is 29.8. The molecule has 0 fully saturated rings. The SMILES string of the molecule is CCC(O)C(C)(C)Oc1ccc(C(CC)(CC)c2ccc(O)c(CO)c2)cc1C. The summed E-state index contributed by atoms with van der Waals surface area (Å²) < 4.78 is 6.16. The number of hydrogen-bond donors (Lipinski definition) is 3. The molecule has 4 nitrogen and oxygen atoms in total. The molecule has 0 aliphatic heterocycles. The Kier molecular flexibility index (Phi) is 7.36. The molecular formula is C25H36O4. The molecule has 0 heterocycles. The molecule has 1 unspecified atom stereocenters. The van der Waals surface area contributed by atoms with Crippen LogP contribution in [0.4, 0.5) is 0 Å². The van der Waals surface area contributed by atoms with Crippen molar-refractivity contribution in [2.24, 2.45) is 0 Å². The predicted molar refractivity (Wildman–Crippen MR) is 118 cm³/mol. The lowest BCUT2D eigenvalue weighted by Crippen LogP contribution is -2.41. The van der Waals surface area contributed by atoms with E-state index in [-0.39, 0.29) is 17.8 Å². The molecule has 29 heavy (non-hydrogen) atoms. The minimum Gasteiger partial charge on any atom is -0.508 e. The lowest BCUT2D eigenvalue weighted by Gasteiger charge is -2.35. The maximum atomic E-state index is 10.3. The number of aliphatic hydroxyl groups is 2. The number of aryl methyl sites for hydroxylation is 1. The van der Waals surface area contributed by atoms with Gasteiger partial charge in [0.15, 0.2) is 0 Å². The summed E-state index contributed by atoms with van der Waals surface area (Å²) in [6, 6.07) is 11.8. The molecule has 0 saturated carbocycles. The fourth-order valence-electron chi connectivity index (χ4n) is 4.15. The third-order valence-electron chi connectivity index (χ3n) is 6.30. The van der Waals surface area contributed by atoms with Crippen LogP contribution in [0.3, 0.4) is 0 Å². The summed E-state index contributed by atoms with van der Waals surface area (Å²) in [6.07, 6.45) is 1.87. The Bertz CT molecular complexity index is 822. The van der Waals surface area contributed by atoms with Gasteiger partial charge in [-0.2, -0.15) is 0 Å². The van der Waals surface area contributed by atoms with E-state index >= 15 is 0 Å². The molecule has 3 N–H and O–H groups in total. The molecule has 0 bridgehead atoms. The van der Waals surface area contributed by atoms with Crippen LogP contribution in [-0.2, 0) is 12.0 Å². The van der Waals surface area contributed by atoms with E-state index < -0.39 is 11.7 Å². The Morgan fingerprint density at radius 2 is 1.55 bits per heavy atom. The molecule has 2 aromatic rings. The highest BCUT2D eigenvalue weighted by Crippen LogP contribution is 2.42. The lowest BCUT2D eigenvalue weighted by molar-refractivity contribution is -0.0301. The van der Waals surface area contributed by atoms with E-state index in [2.05, 4.69) is 26.0 Å². The van der Waals surface area contributed by atoms with E-state index in [9.17, 15) is 15.3 Å². The molecule has 4 heteroatoms. The van der Waals surface area contributed by atoms with Crippen molar-refractivity contribution in [1.82, 2.24) is 0 Å². The monoisotopic (exact) mass is 400 g/mol. The van der Waals surface area contributed by atoms with Gasteiger partial charge in [0, 0.05) is 11.0 Å². The van der Waals surface area contributed by atoms with E-state index in [0.29, 0.717) is 12.0 Å². The molecule has 0 aromatic heterocycles. The van der Waals surface area contributed by atoms with Crippen molar-refractivity contribution >= 4 is 0 Å². The number of aliphatic hydroxyl groups excluding tert-OH is 2. The van der Waals surface area contributed by atoms with Crippen molar-refractivity contribution in [2.45, 2.75) is 84.5 Å². The molecule has 2 rings (SSSR count). The van der Waals surface area contributed by atoms with E-state index in [1.54, 1.807) is 6.07 Å². The van der Waals surface area contributed by atoms with Gasteiger partial charge in [-0.3, -0.25) is 0 Å². The zero-order valence-corrected chi connectivity index (χ0v) is 18.6. The van der Waals surface area contributed by atoms with Gasteiger partial charge in [0.05, 0.1) is 12.7 Å². The number of phenols is 1. The molecule has 2 aromatic carbocycles. The largest absolute Gasteiger partial charge is 0.508 e. The number of hydrogen-bond acceptors (Lipinski definition) is 4. The van der Waals surface area contributed by atoms with Gasteiger partial charge in [0.2, 0.25) is 0 Å². The smallest absolute Gasteiger partial charge is 0.129 e. The summed E-state index contributed by atoms with van der Waals surface area (Å²) in [5.41, 5.74) is 2.93. The summed E-state index contributed by atoms with van der Waals surface area (Å²) in [7, 11) is 0. The van der Waals surface area contributed by atoms with Gasteiger partial charge in [-0.25, -0.2) is 0 Å². The highest BCUT2D eigenvalue weighted by atomic mass is 16.5. The molecule has 160 valence electrons. The quantitative estimate of drug-likeness (QED) is 0.539. The molecule has 0 aliphatic rings. The molecule has 0 radical (unpaired) electrons. The first-order chi connectivity index (χ1) is 13.6. The number of ether oxygens (including phenoxy) is 1. The van der Waals surface area contributed by atoms with E-state index in [4.69, 9.17) is 4.74 Å².